The summed E-state index contributed by atoms with van der Waals surface area (Å²) in [4.78, 5) is 2.23. The lowest BCUT2D eigenvalue weighted by Crippen LogP contribution is -2.45. The summed E-state index contributed by atoms with van der Waals surface area (Å²) in [5.74, 6) is 1.95. The first-order valence-electron chi connectivity index (χ1n) is 10.9. The van der Waals surface area contributed by atoms with E-state index in [2.05, 4.69) is 17.0 Å². The fraction of sp³-hybridized carbons (Fsp3) is 0.375. The van der Waals surface area contributed by atoms with Crippen LogP contribution in [0.5, 0.6) is 11.5 Å². The van der Waals surface area contributed by atoms with Crippen molar-refractivity contribution in [3.05, 3.63) is 71.9 Å². The third-order valence-corrected chi connectivity index (χ3v) is 7.53. The van der Waals surface area contributed by atoms with Crippen molar-refractivity contribution in [1.82, 2.24) is 19.0 Å². The van der Waals surface area contributed by atoms with Crippen LogP contribution in [0.1, 0.15) is 11.1 Å². The van der Waals surface area contributed by atoms with Gasteiger partial charge in [0.2, 0.25) is 0 Å². The summed E-state index contributed by atoms with van der Waals surface area (Å²) in [7, 11) is 1.47. The minimum atomic E-state index is -3.81. The minimum Gasteiger partial charge on any atom is -0.497 e. The van der Waals surface area contributed by atoms with Gasteiger partial charge < -0.3 is 14.4 Å². The van der Waals surface area contributed by atoms with Gasteiger partial charge in [0.15, 0.2) is 5.03 Å². The Morgan fingerprint density at radius 1 is 0.909 bits per heavy atom. The fourth-order valence-corrected chi connectivity index (χ4v) is 5.36. The number of aromatic nitrogens is 2. The summed E-state index contributed by atoms with van der Waals surface area (Å²) in [5.41, 5.74) is 1.73. The Morgan fingerprint density at radius 3 is 1.88 bits per heavy atom. The van der Waals surface area contributed by atoms with E-state index < -0.39 is 10.0 Å². The Bertz CT molecular complexity index is 1100. The highest BCUT2D eigenvalue weighted by molar-refractivity contribution is 7.89. The van der Waals surface area contributed by atoms with E-state index in [9.17, 15) is 8.42 Å². The Balaban J connectivity index is 1.57. The highest BCUT2D eigenvalue weighted by Gasteiger charge is 2.29. The number of benzene rings is 2. The maximum atomic E-state index is 13.6. The topological polar surface area (TPSA) is 76.9 Å². The van der Waals surface area contributed by atoms with Crippen molar-refractivity contribution in [1.29, 1.82) is 0 Å². The molecule has 1 aromatic heterocycles. The molecule has 0 bridgehead atoms. The van der Waals surface area contributed by atoms with Gasteiger partial charge >= 0.3 is 0 Å². The van der Waals surface area contributed by atoms with Crippen molar-refractivity contribution in [3.63, 3.8) is 0 Å². The van der Waals surface area contributed by atoms with Crippen LogP contribution in [0.4, 0.5) is 0 Å². The van der Waals surface area contributed by atoms with Crippen molar-refractivity contribution in [2.45, 2.75) is 24.7 Å². The third-order valence-electron chi connectivity index (χ3n) is 5.84. The predicted molar refractivity (Wildman–Crippen MR) is 126 cm³/mol. The molecular formula is C24H30N4O4S. The molecule has 2 heterocycles. The smallest absolute Gasteiger partial charge is 0.262 e. The van der Waals surface area contributed by atoms with Crippen molar-refractivity contribution in [2.24, 2.45) is 5.92 Å². The van der Waals surface area contributed by atoms with E-state index in [1.54, 1.807) is 31.2 Å². The van der Waals surface area contributed by atoms with E-state index in [-0.39, 0.29) is 18.1 Å². The van der Waals surface area contributed by atoms with Gasteiger partial charge in [-0.1, -0.05) is 24.3 Å². The zero-order valence-corrected chi connectivity index (χ0v) is 20.0. The van der Waals surface area contributed by atoms with Gasteiger partial charge in [0.1, 0.15) is 11.5 Å². The average Bonchev–Trinajstić information content (AvgIpc) is 3.28. The van der Waals surface area contributed by atoms with Crippen LogP contribution < -0.4 is 9.47 Å². The molecule has 0 amide bonds. The highest BCUT2D eigenvalue weighted by atomic mass is 32.2. The van der Waals surface area contributed by atoms with E-state index in [4.69, 9.17) is 9.47 Å². The molecule has 0 atom stereocenters. The zero-order chi connectivity index (χ0) is 23.4. The Hall–Kier alpha value is -2.88. The third kappa shape index (κ3) is 5.55. The van der Waals surface area contributed by atoms with Gasteiger partial charge in [0.05, 0.1) is 14.2 Å². The number of nitrogens with zero attached hydrogens (tertiary/aromatic N) is 4. The van der Waals surface area contributed by atoms with E-state index in [0.717, 1.165) is 42.3 Å². The summed E-state index contributed by atoms with van der Waals surface area (Å²) in [6, 6.07) is 16.4. The van der Waals surface area contributed by atoms with E-state index >= 15 is 0 Å². The van der Waals surface area contributed by atoms with Crippen molar-refractivity contribution < 1.29 is 17.9 Å². The molecule has 33 heavy (non-hydrogen) atoms. The summed E-state index contributed by atoms with van der Waals surface area (Å²) < 4.78 is 40.9. The molecule has 0 spiro atoms. The maximum Gasteiger partial charge on any atom is 0.262 e. The standard InChI is InChI=1S/C24H30N4O4S/c1-26-14-21(15-26)16-27-13-12-24(25-27)33(29,30)28(17-19-4-8-22(31-2)9-5-19)18-20-6-10-23(32-3)11-7-20/h4-13,21H,14-18H2,1-3H3. The van der Waals surface area contributed by atoms with Gasteiger partial charge in [-0.2, -0.15) is 9.40 Å². The molecule has 1 aliphatic heterocycles. The molecule has 9 heteroatoms. The first-order chi connectivity index (χ1) is 15.9. The molecule has 0 N–H and O–H groups in total. The monoisotopic (exact) mass is 470 g/mol. The molecule has 1 aliphatic rings. The van der Waals surface area contributed by atoms with Gasteiger partial charge in [-0.3, -0.25) is 4.68 Å². The lowest BCUT2D eigenvalue weighted by Gasteiger charge is -2.35. The lowest BCUT2D eigenvalue weighted by molar-refractivity contribution is 0.115. The molecule has 4 rings (SSSR count). The van der Waals surface area contributed by atoms with E-state index in [1.807, 2.05) is 48.5 Å². The average molecular weight is 471 g/mol. The molecule has 3 aromatic rings. The van der Waals surface area contributed by atoms with E-state index in [0.29, 0.717) is 5.92 Å². The van der Waals surface area contributed by atoms with Crippen molar-refractivity contribution in [2.75, 3.05) is 34.4 Å². The quantitative estimate of drug-likeness (QED) is 0.454. The van der Waals surface area contributed by atoms with Crippen LogP contribution >= 0.6 is 0 Å². The molecule has 0 saturated carbocycles. The first-order valence-corrected chi connectivity index (χ1v) is 12.3. The van der Waals surface area contributed by atoms with Crippen LogP contribution in [0.3, 0.4) is 0 Å². The molecule has 1 fully saturated rings. The summed E-state index contributed by atoms with van der Waals surface area (Å²) >= 11 is 0. The number of hydrogen-bond acceptors (Lipinski definition) is 6. The largest absolute Gasteiger partial charge is 0.497 e. The Morgan fingerprint density at radius 2 is 1.42 bits per heavy atom. The molecule has 176 valence electrons. The minimum absolute atomic E-state index is 0.0669. The number of sulfonamides is 1. The van der Waals surface area contributed by atoms with Gasteiger partial charge in [-0.15, -0.1) is 0 Å². The SMILES string of the molecule is COc1ccc(CN(Cc2ccc(OC)cc2)S(=O)(=O)c2ccn(CC3CN(C)C3)n2)cc1. The van der Waals surface area contributed by atoms with Crippen LogP contribution in [0, 0.1) is 5.92 Å². The van der Waals surface area contributed by atoms with Crippen LogP contribution in [-0.4, -0.2) is 61.8 Å². The molecule has 2 aromatic carbocycles. The first kappa shape index (κ1) is 23.3. The normalized spacial score (nSPS) is 14.9. The second-order valence-corrected chi connectivity index (χ2v) is 10.3. The lowest BCUT2D eigenvalue weighted by atomic mass is 10.0. The van der Waals surface area contributed by atoms with Crippen molar-refractivity contribution in [3.8, 4) is 11.5 Å². The molecule has 0 unspecified atom stereocenters. The second-order valence-electron chi connectivity index (χ2n) is 8.43. The van der Waals surface area contributed by atoms with Crippen LogP contribution in [0.2, 0.25) is 0 Å². The summed E-state index contributed by atoms with van der Waals surface area (Å²) in [5, 5.41) is 4.48. The Labute approximate surface area is 195 Å². The summed E-state index contributed by atoms with van der Waals surface area (Å²) in [6.45, 7) is 3.17. The van der Waals surface area contributed by atoms with Gasteiger partial charge in [0, 0.05) is 44.8 Å². The van der Waals surface area contributed by atoms with E-state index in [1.165, 1.54) is 4.31 Å². The number of ether oxygens (including phenoxy) is 2. The molecule has 0 radical (unpaired) electrons. The maximum absolute atomic E-state index is 13.6. The van der Waals surface area contributed by atoms with Crippen molar-refractivity contribution >= 4 is 10.0 Å². The fourth-order valence-electron chi connectivity index (χ4n) is 4.02. The van der Waals surface area contributed by atoms with Gasteiger partial charge in [-0.25, -0.2) is 8.42 Å². The molecule has 0 aliphatic carbocycles. The van der Waals surface area contributed by atoms with Gasteiger partial charge in [0.25, 0.3) is 10.0 Å². The highest BCUT2D eigenvalue weighted by Crippen LogP contribution is 2.23. The number of methoxy groups -OCH3 is 2. The van der Waals surface area contributed by atoms with Crippen LogP contribution in [0.15, 0.2) is 65.8 Å². The molecular weight excluding hydrogens is 440 g/mol. The summed E-state index contributed by atoms with van der Waals surface area (Å²) in [6.07, 6.45) is 1.75. The van der Waals surface area contributed by atoms with Gasteiger partial charge in [-0.05, 0) is 48.5 Å². The number of rotatable bonds is 10. The van der Waals surface area contributed by atoms with Crippen LogP contribution in [0.25, 0.3) is 0 Å². The Kier molecular flexibility index (Phi) is 7.02. The molecule has 1 saturated heterocycles. The zero-order valence-electron chi connectivity index (χ0n) is 19.2. The number of hydrogen-bond donors (Lipinski definition) is 0. The predicted octanol–water partition coefficient (Wildman–Crippen LogP) is 2.85. The molecule has 8 nitrogen and oxygen atoms in total. The number of likely N-dealkylation sites (tertiary alicyclic amines) is 1. The second kappa shape index (κ2) is 9.94. The van der Waals surface area contributed by atoms with Crippen LogP contribution in [-0.2, 0) is 29.7 Å².